The largest absolute Gasteiger partial charge is 0.322 e. The van der Waals surface area contributed by atoms with Gasteiger partial charge in [0.2, 0.25) is 0 Å². The number of nitrogens with zero attached hydrogens (tertiary/aromatic N) is 2. The molecule has 0 aliphatic carbocycles. The molecule has 0 fully saturated rings. The highest BCUT2D eigenvalue weighted by Gasteiger charge is 2.20. The van der Waals surface area contributed by atoms with Gasteiger partial charge in [-0.25, -0.2) is 8.42 Å². The molecule has 0 aliphatic rings. The molecule has 0 spiro atoms. The quantitative estimate of drug-likeness (QED) is 0.778. The third-order valence-corrected chi connectivity index (χ3v) is 5.10. The van der Waals surface area contributed by atoms with Crippen molar-refractivity contribution in [2.24, 2.45) is 0 Å². The minimum atomic E-state index is -3.71. The van der Waals surface area contributed by atoms with E-state index in [0.717, 1.165) is 4.47 Å². The molecule has 9 heteroatoms. The number of hydroxylamine groups is 1. The van der Waals surface area contributed by atoms with Crippen LogP contribution < -0.4 is 5.32 Å². The monoisotopic (exact) mass is 399 g/mol. The standard InChI is InChI=1S/C14H14BrN3O4S/c1-18(22-2)23(20,21)13-5-3-12(4-6-13)17-14(19)10-7-11(15)9-16-8-10/h3-9H,1-2H3,(H,17,19). The summed E-state index contributed by atoms with van der Waals surface area (Å²) in [4.78, 5) is 20.8. The van der Waals surface area contributed by atoms with Crippen LogP contribution in [0.4, 0.5) is 5.69 Å². The Hall–Kier alpha value is -1.81. The molecule has 0 saturated carbocycles. The fraction of sp³-hybridized carbons (Fsp3) is 0.143. The van der Waals surface area contributed by atoms with Crippen LogP contribution in [-0.2, 0) is 14.9 Å². The number of rotatable bonds is 5. The van der Waals surface area contributed by atoms with Crippen LogP contribution in [0, 0.1) is 0 Å². The molecule has 2 rings (SSSR count). The van der Waals surface area contributed by atoms with Crippen LogP contribution in [0.3, 0.4) is 0 Å². The van der Waals surface area contributed by atoms with Gasteiger partial charge < -0.3 is 5.32 Å². The maximum absolute atomic E-state index is 12.1. The zero-order valence-electron chi connectivity index (χ0n) is 12.4. The molecule has 0 aliphatic heterocycles. The molecule has 7 nitrogen and oxygen atoms in total. The number of benzene rings is 1. The number of pyridine rings is 1. The van der Waals surface area contributed by atoms with Crippen molar-refractivity contribution < 1.29 is 18.0 Å². The number of hydrogen-bond donors (Lipinski definition) is 1. The summed E-state index contributed by atoms with van der Waals surface area (Å²) in [7, 11) is -1.15. The molecular formula is C14H14BrN3O4S. The summed E-state index contributed by atoms with van der Waals surface area (Å²) in [6.07, 6.45) is 3.01. The van der Waals surface area contributed by atoms with Crippen LogP contribution in [0.25, 0.3) is 0 Å². The van der Waals surface area contributed by atoms with E-state index in [-0.39, 0.29) is 10.8 Å². The van der Waals surface area contributed by atoms with E-state index >= 15 is 0 Å². The summed E-state index contributed by atoms with van der Waals surface area (Å²) >= 11 is 3.24. The van der Waals surface area contributed by atoms with Gasteiger partial charge in [0.05, 0.1) is 17.6 Å². The number of anilines is 1. The highest BCUT2D eigenvalue weighted by Crippen LogP contribution is 2.18. The van der Waals surface area contributed by atoms with Gasteiger partial charge in [0, 0.05) is 29.6 Å². The van der Waals surface area contributed by atoms with Crippen LogP contribution in [0.5, 0.6) is 0 Å². The maximum atomic E-state index is 12.1. The van der Waals surface area contributed by atoms with E-state index in [0.29, 0.717) is 15.7 Å². The zero-order chi connectivity index (χ0) is 17.0. The number of halogens is 1. The summed E-state index contributed by atoms with van der Waals surface area (Å²) in [5.41, 5.74) is 0.851. The third-order valence-electron chi connectivity index (χ3n) is 2.97. The zero-order valence-corrected chi connectivity index (χ0v) is 14.8. The lowest BCUT2D eigenvalue weighted by Crippen LogP contribution is -2.25. The Bertz CT molecular complexity index is 809. The smallest absolute Gasteiger partial charge is 0.264 e. The molecule has 0 radical (unpaired) electrons. The molecule has 23 heavy (non-hydrogen) atoms. The van der Waals surface area contributed by atoms with Crippen LogP contribution in [0.15, 0.2) is 52.1 Å². The third kappa shape index (κ3) is 4.14. The predicted octanol–water partition coefficient (Wildman–Crippen LogP) is 2.28. The first kappa shape index (κ1) is 17.5. The summed E-state index contributed by atoms with van der Waals surface area (Å²) in [5, 5.41) is 2.67. The van der Waals surface area contributed by atoms with Gasteiger partial charge in [-0.3, -0.25) is 14.6 Å². The van der Waals surface area contributed by atoms with Crippen LogP contribution in [0.2, 0.25) is 0 Å². The fourth-order valence-electron chi connectivity index (χ4n) is 1.70. The van der Waals surface area contributed by atoms with Gasteiger partial charge in [-0.15, -0.1) is 0 Å². The summed E-state index contributed by atoms with van der Waals surface area (Å²) in [6.45, 7) is 0. The molecule has 0 bridgehead atoms. The van der Waals surface area contributed by atoms with Gasteiger partial charge in [-0.1, -0.05) is 4.47 Å². The fourth-order valence-corrected chi connectivity index (χ4v) is 3.03. The van der Waals surface area contributed by atoms with E-state index in [4.69, 9.17) is 4.84 Å². The van der Waals surface area contributed by atoms with Gasteiger partial charge >= 0.3 is 0 Å². The van der Waals surface area contributed by atoms with Crippen molar-refractivity contribution in [3.05, 3.63) is 52.8 Å². The number of aromatic nitrogens is 1. The van der Waals surface area contributed by atoms with E-state index in [2.05, 4.69) is 26.2 Å². The molecule has 1 aromatic heterocycles. The Labute approximate surface area is 142 Å². The van der Waals surface area contributed by atoms with Crippen molar-refractivity contribution in [2.75, 3.05) is 19.5 Å². The second-order valence-corrected chi connectivity index (χ2v) is 7.32. The number of carbonyl (C=O) groups is 1. The minimum Gasteiger partial charge on any atom is -0.322 e. The lowest BCUT2D eigenvalue weighted by molar-refractivity contribution is -0.0258. The molecule has 1 heterocycles. The molecule has 122 valence electrons. The molecule has 1 aromatic carbocycles. The van der Waals surface area contributed by atoms with Gasteiger partial charge in [0.25, 0.3) is 15.9 Å². The average Bonchev–Trinajstić information content (AvgIpc) is 2.54. The maximum Gasteiger partial charge on any atom is 0.264 e. The van der Waals surface area contributed by atoms with E-state index in [1.54, 1.807) is 12.3 Å². The molecule has 0 atom stereocenters. The lowest BCUT2D eigenvalue weighted by atomic mass is 10.2. The van der Waals surface area contributed by atoms with Crippen molar-refractivity contribution in [1.29, 1.82) is 0 Å². The van der Waals surface area contributed by atoms with Crippen molar-refractivity contribution in [1.82, 2.24) is 9.45 Å². The first-order valence-electron chi connectivity index (χ1n) is 6.39. The van der Waals surface area contributed by atoms with Crippen LogP contribution in [-0.4, -0.2) is 37.9 Å². The highest BCUT2D eigenvalue weighted by atomic mass is 79.9. The molecule has 1 N–H and O–H groups in total. The Kier molecular flexibility index (Phi) is 5.47. The average molecular weight is 400 g/mol. The Morgan fingerprint density at radius 1 is 1.26 bits per heavy atom. The topological polar surface area (TPSA) is 88.6 Å². The number of carbonyl (C=O) groups excluding carboxylic acids is 1. The number of hydrogen-bond acceptors (Lipinski definition) is 5. The Balaban J connectivity index is 2.16. The van der Waals surface area contributed by atoms with Crippen molar-refractivity contribution >= 4 is 37.5 Å². The SMILES string of the molecule is CON(C)S(=O)(=O)c1ccc(NC(=O)c2cncc(Br)c2)cc1. The number of nitrogens with one attached hydrogen (secondary N) is 1. The first-order valence-corrected chi connectivity index (χ1v) is 8.63. The predicted molar refractivity (Wildman–Crippen MR) is 88.3 cm³/mol. The second kappa shape index (κ2) is 7.18. The van der Waals surface area contributed by atoms with Gasteiger partial charge in [0.1, 0.15) is 0 Å². The van der Waals surface area contributed by atoms with Gasteiger partial charge in [-0.2, -0.15) is 0 Å². The van der Waals surface area contributed by atoms with E-state index in [1.807, 2.05) is 0 Å². The van der Waals surface area contributed by atoms with Crippen molar-refractivity contribution in [3.8, 4) is 0 Å². The van der Waals surface area contributed by atoms with Crippen LogP contribution >= 0.6 is 15.9 Å². The molecule has 0 unspecified atom stereocenters. The van der Waals surface area contributed by atoms with Gasteiger partial charge in [0.15, 0.2) is 0 Å². The number of amides is 1. The van der Waals surface area contributed by atoms with Gasteiger partial charge in [-0.05, 0) is 46.3 Å². The normalized spacial score (nSPS) is 11.5. The van der Waals surface area contributed by atoms with Crippen molar-refractivity contribution in [2.45, 2.75) is 4.90 Å². The second-order valence-electron chi connectivity index (χ2n) is 4.47. The molecule has 0 saturated heterocycles. The molecular weight excluding hydrogens is 386 g/mol. The Morgan fingerprint density at radius 2 is 1.91 bits per heavy atom. The summed E-state index contributed by atoms with van der Waals surface area (Å²) in [6, 6.07) is 7.41. The first-order chi connectivity index (χ1) is 10.8. The lowest BCUT2D eigenvalue weighted by Gasteiger charge is -2.14. The minimum absolute atomic E-state index is 0.0592. The van der Waals surface area contributed by atoms with E-state index in [1.165, 1.54) is 44.6 Å². The summed E-state index contributed by atoms with van der Waals surface area (Å²) < 4.78 is 25.6. The van der Waals surface area contributed by atoms with Crippen LogP contribution in [0.1, 0.15) is 10.4 Å². The van der Waals surface area contributed by atoms with E-state index in [9.17, 15) is 13.2 Å². The van der Waals surface area contributed by atoms with Crippen molar-refractivity contribution in [3.63, 3.8) is 0 Å². The van der Waals surface area contributed by atoms with E-state index < -0.39 is 10.0 Å². The highest BCUT2D eigenvalue weighted by molar-refractivity contribution is 9.10. The number of sulfonamides is 1. The summed E-state index contributed by atoms with van der Waals surface area (Å²) in [5.74, 6) is -0.344. The molecule has 1 amide bonds. The molecule has 2 aromatic rings. The Morgan fingerprint density at radius 3 is 2.48 bits per heavy atom.